The van der Waals surface area contributed by atoms with Crippen molar-refractivity contribution in [3.8, 4) is 0 Å². The number of hydrogen-bond donors (Lipinski definition) is 3. The zero-order chi connectivity index (χ0) is 11.7. The smallest absolute Gasteiger partial charge is 0.330 e. The Balaban J connectivity index is 0. The van der Waals surface area contributed by atoms with Gasteiger partial charge in [0, 0.05) is 5.57 Å². The van der Waals surface area contributed by atoms with Crippen LogP contribution in [-0.4, -0.2) is 33.5 Å². The van der Waals surface area contributed by atoms with Crippen molar-refractivity contribution < 1.29 is 20.1 Å². The fraction of sp³-hybridized carbons (Fsp3) is 0.700. The van der Waals surface area contributed by atoms with Gasteiger partial charge in [0.15, 0.2) is 0 Å². The van der Waals surface area contributed by atoms with Crippen LogP contribution in [0.5, 0.6) is 0 Å². The Kier molecular flexibility index (Phi) is 9.71. The maximum atomic E-state index is 9.60. The molecule has 0 heterocycles. The van der Waals surface area contributed by atoms with Crippen LogP contribution in [0.4, 0.5) is 0 Å². The van der Waals surface area contributed by atoms with Crippen molar-refractivity contribution in [1.29, 1.82) is 0 Å². The number of rotatable bonds is 4. The Morgan fingerprint density at radius 1 is 1.43 bits per heavy atom. The molecule has 4 nitrogen and oxygen atoms in total. The molecule has 0 radical (unpaired) electrons. The molecule has 84 valence electrons. The third kappa shape index (κ3) is 11.1. The third-order valence-corrected chi connectivity index (χ3v) is 1.51. The third-order valence-electron chi connectivity index (χ3n) is 1.51. The lowest BCUT2D eigenvalue weighted by Crippen LogP contribution is -2.21. The first-order chi connectivity index (χ1) is 6.32. The van der Waals surface area contributed by atoms with Gasteiger partial charge in [-0.25, -0.2) is 4.79 Å². The standard InChI is InChI=1S/C6H14O2.C4H6O2/c1-3-4-6(8)5(2)7;1-3(2)4(5)6/h5-8H,3-4H2,1-2H3;1H2,2H3,(H,5,6). The van der Waals surface area contributed by atoms with E-state index in [0.717, 1.165) is 6.42 Å². The van der Waals surface area contributed by atoms with E-state index >= 15 is 0 Å². The highest BCUT2D eigenvalue weighted by atomic mass is 16.4. The topological polar surface area (TPSA) is 77.8 Å². The molecule has 2 unspecified atom stereocenters. The van der Waals surface area contributed by atoms with Crippen molar-refractivity contribution in [2.75, 3.05) is 0 Å². The fourth-order valence-electron chi connectivity index (χ4n) is 0.537. The molecule has 3 N–H and O–H groups in total. The first kappa shape index (κ1) is 15.6. The van der Waals surface area contributed by atoms with E-state index in [1.807, 2.05) is 6.92 Å². The summed E-state index contributed by atoms with van der Waals surface area (Å²) in [5.74, 6) is -0.935. The summed E-state index contributed by atoms with van der Waals surface area (Å²) in [5, 5.41) is 25.5. The van der Waals surface area contributed by atoms with Crippen LogP contribution in [-0.2, 0) is 4.79 Å². The van der Waals surface area contributed by atoms with Crippen LogP contribution in [0.2, 0.25) is 0 Å². The molecule has 0 aromatic carbocycles. The van der Waals surface area contributed by atoms with Crippen molar-refractivity contribution in [3.05, 3.63) is 12.2 Å². The van der Waals surface area contributed by atoms with Gasteiger partial charge in [-0.1, -0.05) is 19.9 Å². The Bertz CT molecular complexity index is 163. The Hall–Kier alpha value is -0.870. The minimum absolute atomic E-state index is 0.176. The second-order valence-corrected chi connectivity index (χ2v) is 3.18. The quantitative estimate of drug-likeness (QED) is 0.601. The average Bonchev–Trinajstić information content (AvgIpc) is 2.05. The molecule has 2 atom stereocenters. The van der Waals surface area contributed by atoms with Crippen LogP contribution in [0, 0.1) is 0 Å². The lowest BCUT2D eigenvalue weighted by atomic mass is 10.1. The van der Waals surface area contributed by atoms with E-state index in [1.165, 1.54) is 6.92 Å². The highest BCUT2D eigenvalue weighted by Gasteiger charge is 2.07. The van der Waals surface area contributed by atoms with E-state index in [9.17, 15) is 4.79 Å². The van der Waals surface area contributed by atoms with E-state index in [2.05, 4.69) is 6.58 Å². The van der Waals surface area contributed by atoms with Gasteiger partial charge in [0.2, 0.25) is 0 Å². The molecule has 0 aliphatic carbocycles. The molecule has 0 rings (SSSR count). The monoisotopic (exact) mass is 204 g/mol. The minimum Gasteiger partial charge on any atom is -0.478 e. The van der Waals surface area contributed by atoms with Crippen LogP contribution >= 0.6 is 0 Å². The van der Waals surface area contributed by atoms with Crippen LogP contribution in [0.25, 0.3) is 0 Å². The maximum Gasteiger partial charge on any atom is 0.330 e. The number of aliphatic carboxylic acids is 1. The number of carboxylic acids is 1. The molecule has 0 amide bonds. The molecule has 0 fully saturated rings. The Morgan fingerprint density at radius 2 is 1.79 bits per heavy atom. The highest BCUT2D eigenvalue weighted by Crippen LogP contribution is 1.99. The van der Waals surface area contributed by atoms with Gasteiger partial charge in [0.1, 0.15) is 0 Å². The number of carbonyl (C=O) groups is 1. The zero-order valence-corrected chi connectivity index (χ0v) is 9.03. The van der Waals surface area contributed by atoms with Gasteiger partial charge in [0.05, 0.1) is 12.2 Å². The van der Waals surface area contributed by atoms with Gasteiger partial charge in [-0.3, -0.25) is 0 Å². The molecule has 0 bridgehead atoms. The van der Waals surface area contributed by atoms with Crippen LogP contribution in [0.1, 0.15) is 33.6 Å². The summed E-state index contributed by atoms with van der Waals surface area (Å²) < 4.78 is 0. The van der Waals surface area contributed by atoms with E-state index in [4.69, 9.17) is 15.3 Å². The van der Waals surface area contributed by atoms with E-state index < -0.39 is 18.2 Å². The molecule has 0 spiro atoms. The number of hydrogen-bond acceptors (Lipinski definition) is 3. The average molecular weight is 204 g/mol. The summed E-state index contributed by atoms with van der Waals surface area (Å²) in [7, 11) is 0. The van der Waals surface area contributed by atoms with E-state index in [1.54, 1.807) is 6.92 Å². The van der Waals surface area contributed by atoms with E-state index in [0.29, 0.717) is 6.42 Å². The van der Waals surface area contributed by atoms with Crippen LogP contribution in [0.3, 0.4) is 0 Å². The second kappa shape index (κ2) is 8.72. The largest absolute Gasteiger partial charge is 0.478 e. The van der Waals surface area contributed by atoms with Gasteiger partial charge in [-0.2, -0.15) is 0 Å². The molecule has 0 aromatic rings. The highest BCUT2D eigenvalue weighted by molar-refractivity contribution is 5.84. The summed E-state index contributed by atoms with van der Waals surface area (Å²) in [6.07, 6.45) is 0.513. The minimum atomic E-state index is -0.935. The summed E-state index contributed by atoms with van der Waals surface area (Å²) in [6, 6.07) is 0. The zero-order valence-electron chi connectivity index (χ0n) is 9.03. The fourth-order valence-corrected chi connectivity index (χ4v) is 0.537. The molecular weight excluding hydrogens is 184 g/mol. The number of aliphatic hydroxyl groups excluding tert-OH is 2. The lowest BCUT2D eigenvalue weighted by Gasteiger charge is -2.10. The van der Waals surface area contributed by atoms with Gasteiger partial charge in [-0.15, -0.1) is 0 Å². The Labute approximate surface area is 84.9 Å². The molecule has 0 saturated heterocycles. The number of carboxylic acid groups (broad SMARTS) is 1. The predicted octanol–water partition coefficient (Wildman–Crippen LogP) is 1.18. The summed E-state index contributed by atoms with van der Waals surface area (Å²) in [6.45, 7) is 8.18. The van der Waals surface area contributed by atoms with Crippen LogP contribution in [0.15, 0.2) is 12.2 Å². The van der Waals surface area contributed by atoms with Crippen molar-refractivity contribution in [2.24, 2.45) is 0 Å². The normalized spacial score (nSPS) is 13.5. The van der Waals surface area contributed by atoms with Crippen molar-refractivity contribution in [2.45, 2.75) is 45.8 Å². The predicted molar refractivity (Wildman–Crippen MR) is 55.0 cm³/mol. The first-order valence-electron chi connectivity index (χ1n) is 4.57. The lowest BCUT2D eigenvalue weighted by molar-refractivity contribution is -0.132. The molecule has 0 aliphatic rings. The van der Waals surface area contributed by atoms with Crippen molar-refractivity contribution >= 4 is 5.97 Å². The van der Waals surface area contributed by atoms with Gasteiger partial charge in [0.25, 0.3) is 0 Å². The molecule has 0 saturated carbocycles. The van der Waals surface area contributed by atoms with Crippen molar-refractivity contribution in [3.63, 3.8) is 0 Å². The van der Waals surface area contributed by atoms with Gasteiger partial charge < -0.3 is 15.3 Å². The first-order valence-corrected chi connectivity index (χ1v) is 4.57. The van der Waals surface area contributed by atoms with Crippen LogP contribution < -0.4 is 0 Å². The summed E-state index contributed by atoms with van der Waals surface area (Å²) >= 11 is 0. The molecule has 4 heteroatoms. The maximum absolute atomic E-state index is 9.60. The Morgan fingerprint density at radius 3 is 1.86 bits per heavy atom. The summed E-state index contributed by atoms with van der Waals surface area (Å²) in [5.41, 5.74) is 0.176. The molecule has 14 heavy (non-hydrogen) atoms. The van der Waals surface area contributed by atoms with Crippen molar-refractivity contribution in [1.82, 2.24) is 0 Å². The second-order valence-electron chi connectivity index (χ2n) is 3.18. The molecular formula is C10H20O4. The SMILES string of the molecule is C=C(C)C(=O)O.CCCC(O)C(C)O. The summed E-state index contributed by atoms with van der Waals surface area (Å²) in [4.78, 5) is 9.60. The van der Waals surface area contributed by atoms with Gasteiger partial charge >= 0.3 is 5.97 Å². The van der Waals surface area contributed by atoms with E-state index in [-0.39, 0.29) is 5.57 Å². The molecule has 0 aromatic heterocycles. The number of aliphatic hydroxyl groups is 2. The molecule has 0 aliphatic heterocycles. The van der Waals surface area contributed by atoms with Gasteiger partial charge in [-0.05, 0) is 20.3 Å².